The van der Waals surface area contributed by atoms with E-state index in [2.05, 4.69) is 31.0 Å². The van der Waals surface area contributed by atoms with Gasteiger partial charge in [0.15, 0.2) is 0 Å². The predicted octanol–water partition coefficient (Wildman–Crippen LogP) is 1.11. The second-order valence-electron chi connectivity index (χ2n) is 4.98. The Morgan fingerprint density at radius 1 is 1.53 bits per heavy atom. The lowest BCUT2D eigenvalue weighted by Crippen LogP contribution is -2.52. The SMILES string of the molecule is CC[C@H](COC)NC[C@H](C)N1CCOC[C@H]1C. The van der Waals surface area contributed by atoms with Crippen LogP contribution in [-0.4, -0.2) is 63.0 Å². The molecule has 0 aromatic rings. The van der Waals surface area contributed by atoms with Crippen molar-refractivity contribution in [3.8, 4) is 0 Å². The third-order valence-corrected chi connectivity index (χ3v) is 3.55. The molecular weight excluding hydrogens is 216 g/mol. The minimum Gasteiger partial charge on any atom is -0.383 e. The van der Waals surface area contributed by atoms with Gasteiger partial charge in [0.05, 0.1) is 19.8 Å². The van der Waals surface area contributed by atoms with Crippen LogP contribution >= 0.6 is 0 Å². The van der Waals surface area contributed by atoms with Gasteiger partial charge in [0, 0.05) is 38.3 Å². The van der Waals surface area contributed by atoms with Crippen molar-refractivity contribution in [1.82, 2.24) is 10.2 Å². The van der Waals surface area contributed by atoms with Crippen LogP contribution in [-0.2, 0) is 9.47 Å². The first-order chi connectivity index (χ1) is 8.19. The van der Waals surface area contributed by atoms with Crippen LogP contribution in [0.1, 0.15) is 27.2 Å². The molecule has 4 heteroatoms. The Morgan fingerprint density at radius 2 is 2.29 bits per heavy atom. The lowest BCUT2D eigenvalue weighted by molar-refractivity contribution is -0.0189. The Balaban J connectivity index is 2.29. The topological polar surface area (TPSA) is 33.7 Å². The average Bonchev–Trinajstić information content (AvgIpc) is 2.34. The monoisotopic (exact) mass is 244 g/mol. The van der Waals surface area contributed by atoms with E-state index in [9.17, 15) is 0 Å². The van der Waals surface area contributed by atoms with E-state index < -0.39 is 0 Å². The second-order valence-corrected chi connectivity index (χ2v) is 4.98. The molecule has 1 heterocycles. The van der Waals surface area contributed by atoms with Crippen LogP contribution in [0.2, 0.25) is 0 Å². The molecule has 0 bridgehead atoms. The van der Waals surface area contributed by atoms with Crippen molar-refractivity contribution < 1.29 is 9.47 Å². The molecule has 3 atom stereocenters. The molecule has 102 valence electrons. The molecule has 1 saturated heterocycles. The number of nitrogens with one attached hydrogen (secondary N) is 1. The summed E-state index contributed by atoms with van der Waals surface area (Å²) >= 11 is 0. The number of methoxy groups -OCH3 is 1. The Morgan fingerprint density at radius 3 is 2.88 bits per heavy atom. The molecule has 0 saturated carbocycles. The van der Waals surface area contributed by atoms with Gasteiger partial charge in [0.1, 0.15) is 0 Å². The number of nitrogens with zero attached hydrogens (tertiary/aromatic N) is 1. The largest absolute Gasteiger partial charge is 0.383 e. The maximum absolute atomic E-state index is 5.47. The lowest BCUT2D eigenvalue weighted by Gasteiger charge is -2.38. The fraction of sp³-hybridized carbons (Fsp3) is 1.00. The summed E-state index contributed by atoms with van der Waals surface area (Å²) in [4.78, 5) is 2.52. The molecule has 0 aromatic heterocycles. The summed E-state index contributed by atoms with van der Waals surface area (Å²) in [6, 6.07) is 1.56. The lowest BCUT2D eigenvalue weighted by atomic mass is 10.1. The van der Waals surface area contributed by atoms with Crippen LogP contribution in [0.25, 0.3) is 0 Å². The first kappa shape index (κ1) is 14.9. The number of ether oxygens (including phenoxy) is 2. The fourth-order valence-corrected chi connectivity index (χ4v) is 2.37. The Hall–Kier alpha value is -0.160. The third kappa shape index (κ3) is 4.92. The molecule has 1 aliphatic heterocycles. The van der Waals surface area contributed by atoms with Crippen molar-refractivity contribution in [1.29, 1.82) is 0 Å². The molecule has 4 nitrogen and oxygen atoms in total. The maximum atomic E-state index is 5.47. The molecule has 0 aliphatic carbocycles. The third-order valence-electron chi connectivity index (χ3n) is 3.55. The molecule has 1 fully saturated rings. The van der Waals surface area contributed by atoms with Crippen LogP contribution in [0.4, 0.5) is 0 Å². The quantitative estimate of drug-likeness (QED) is 0.727. The summed E-state index contributed by atoms with van der Waals surface area (Å²) in [5.74, 6) is 0. The molecule has 1 aliphatic rings. The molecule has 1 N–H and O–H groups in total. The standard InChI is InChI=1S/C13H28N2O2/c1-5-13(10-16-4)14-8-11(2)15-6-7-17-9-12(15)3/h11-14H,5-10H2,1-4H3/t11-,12+,13+/m0/s1. The zero-order chi connectivity index (χ0) is 12.7. The highest BCUT2D eigenvalue weighted by molar-refractivity contribution is 4.79. The van der Waals surface area contributed by atoms with Crippen molar-refractivity contribution in [2.24, 2.45) is 0 Å². The normalized spacial score (nSPS) is 25.8. The Bertz CT molecular complexity index is 202. The average molecular weight is 244 g/mol. The Labute approximate surface area is 106 Å². The Kier molecular flexibility index (Phi) is 7.04. The summed E-state index contributed by atoms with van der Waals surface area (Å²) < 4.78 is 10.7. The van der Waals surface area contributed by atoms with Gasteiger partial charge in [0.2, 0.25) is 0 Å². The number of hydrogen-bond acceptors (Lipinski definition) is 4. The molecule has 0 spiro atoms. The van der Waals surface area contributed by atoms with Crippen LogP contribution in [0.3, 0.4) is 0 Å². The van der Waals surface area contributed by atoms with E-state index in [0.717, 1.165) is 39.3 Å². The molecule has 1 rings (SSSR count). The van der Waals surface area contributed by atoms with E-state index in [1.165, 1.54) is 0 Å². The van der Waals surface area contributed by atoms with Gasteiger partial charge in [-0.1, -0.05) is 6.92 Å². The maximum Gasteiger partial charge on any atom is 0.0619 e. The highest BCUT2D eigenvalue weighted by atomic mass is 16.5. The highest BCUT2D eigenvalue weighted by Crippen LogP contribution is 2.10. The van der Waals surface area contributed by atoms with Gasteiger partial charge in [-0.3, -0.25) is 4.90 Å². The van der Waals surface area contributed by atoms with E-state index >= 15 is 0 Å². The zero-order valence-corrected chi connectivity index (χ0v) is 11.7. The van der Waals surface area contributed by atoms with Gasteiger partial charge in [-0.25, -0.2) is 0 Å². The van der Waals surface area contributed by atoms with Crippen LogP contribution in [0.5, 0.6) is 0 Å². The van der Waals surface area contributed by atoms with Crippen molar-refractivity contribution >= 4 is 0 Å². The van der Waals surface area contributed by atoms with Gasteiger partial charge in [-0.2, -0.15) is 0 Å². The summed E-state index contributed by atoms with van der Waals surface area (Å²) in [5, 5.41) is 3.58. The first-order valence-electron chi connectivity index (χ1n) is 6.74. The summed E-state index contributed by atoms with van der Waals surface area (Å²) in [6.45, 7) is 11.3. The fourth-order valence-electron chi connectivity index (χ4n) is 2.37. The van der Waals surface area contributed by atoms with E-state index in [4.69, 9.17) is 9.47 Å². The minimum atomic E-state index is 0.471. The molecule has 17 heavy (non-hydrogen) atoms. The van der Waals surface area contributed by atoms with Gasteiger partial charge >= 0.3 is 0 Å². The van der Waals surface area contributed by atoms with Gasteiger partial charge in [-0.05, 0) is 20.3 Å². The van der Waals surface area contributed by atoms with Crippen LogP contribution in [0.15, 0.2) is 0 Å². The number of hydrogen-bond donors (Lipinski definition) is 1. The summed E-state index contributed by atoms with van der Waals surface area (Å²) in [7, 11) is 1.76. The van der Waals surface area contributed by atoms with Crippen molar-refractivity contribution in [3.05, 3.63) is 0 Å². The van der Waals surface area contributed by atoms with Crippen molar-refractivity contribution in [2.45, 2.75) is 45.3 Å². The summed E-state index contributed by atoms with van der Waals surface area (Å²) in [6.07, 6.45) is 1.11. The minimum absolute atomic E-state index is 0.471. The van der Waals surface area contributed by atoms with Crippen molar-refractivity contribution in [2.75, 3.05) is 40.0 Å². The van der Waals surface area contributed by atoms with E-state index in [1.54, 1.807) is 7.11 Å². The van der Waals surface area contributed by atoms with E-state index in [0.29, 0.717) is 18.1 Å². The van der Waals surface area contributed by atoms with E-state index in [1.807, 2.05) is 0 Å². The van der Waals surface area contributed by atoms with Gasteiger partial charge < -0.3 is 14.8 Å². The second kappa shape index (κ2) is 8.03. The number of rotatable bonds is 7. The zero-order valence-electron chi connectivity index (χ0n) is 11.7. The van der Waals surface area contributed by atoms with Crippen molar-refractivity contribution in [3.63, 3.8) is 0 Å². The smallest absolute Gasteiger partial charge is 0.0619 e. The van der Waals surface area contributed by atoms with Gasteiger partial charge in [0.25, 0.3) is 0 Å². The molecule has 0 unspecified atom stereocenters. The van der Waals surface area contributed by atoms with Crippen LogP contribution < -0.4 is 5.32 Å². The molecule has 0 radical (unpaired) electrons. The molecular formula is C13H28N2O2. The number of morpholine rings is 1. The highest BCUT2D eigenvalue weighted by Gasteiger charge is 2.23. The summed E-state index contributed by atoms with van der Waals surface area (Å²) in [5.41, 5.74) is 0. The predicted molar refractivity (Wildman–Crippen MR) is 70.4 cm³/mol. The van der Waals surface area contributed by atoms with Gasteiger partial charge in [-0.15, -0.1) is 0 Å². The van der Waals surface area contributed by atoms with E-state index in [-0.39, 0.29) is 0 Å². The molecule has 0 amide bonds. The molecule has 0 aromatic carbocycles. The first-order valence-corrected chi connectivity index (χ1v) is 6.74. The van der Waals surface area contributed by atoms with Crippen LogP contribution in [0, 0.1) is 0 Å².